The van der Waals surface area contributed by atoms with Crippen molar-refractivity contribution in [3.05, 3.63) is 54.2 Å². The summed E-state index contributed by atoms with van der Waals surface area (Å²) in [5.74, 6) is 0.982. The van der Waals surface area contributed by atoms with Gasteiger partial charge in [0.15, 0.2) is 0 Å². The molecule has 0 aliphatic rings. The molecule has 0 fully saturated rings. The van der Waals surface area contributed by atoms with Gasteiger partial charge in [-0.25, -0.2) is 4.98 Å². The Labute approximate surface area is 120 Å². The summed E-state index contributed by atoms with van der Waals surface area (Å²) in [6.07, 6.45) is 13.2. The summed E-state index contributed by atoms with van der Waals surface area (Å²) in [5, 5.41) is 0. The van der Waals surface area contributed by atoms with Gasteiger partial charge in [-0.15, -0.1) is 0 Å². The first kappa shape index (κ1) is 14.3. The molecule has 0 radical (unpaired) electrons. The molecule has 0 amide bonds. The Morgan fingerprint density at radius 3 is 2.85 bits per heavy atom. The van der Waals surface area contributed by atoms with Crippen LogP contribution in [0.3, 0.4) is 0 Å². The number of fused-ring (bicyclic) bond motifs is 1. The van der Waals surface area contributed by atoms with Crippen molar-refractivity contribution in [3.8, 4) is 0 Å². The number of hydrogen-bond donors (Lipinski definition) is 0. The van der Waals surface area contributed by atoms with Crippen LogP contribution in [-0.2, 0) is 0 Å². The highest BCUT2D eigenvalue weighted by atomic mass is 15.1. The van der Waals surface area contributed by atoms with Crippen LogP contribution in [0.4, 0.5) is 0 Å². The lowest BCUT2D eigenvalue weighted by Gasteiger charge is -2.08. The van der Waals surface area contributed by atoms with Crippen molar-refractivity contribution in [3.63, 3.8) is 0 Å². The van der Waals surface area contributed by atoms with E-state index in [0.717, 1.165) is 29.0 Å². The highest BCUT2D eigenvalue weighted by Gasteiger charge is 2.09. The van der Waals surface area contributed by atoms with E-state index in [-0.39, 0.29) is 0 Å². The zero-order valence-electron chi connectivity index (χ0n) is 12.6. The maximum Gasteiger partial charge on any atom is 0.111 e. The van der Waals surface area contributed by atoms with Gasteiger partial charge in [-0.2, -0.15) is 0 Å². The fraction of sp³-hybridized carbons (Fsp3) is 0.294. The molecule has 0 aliphatic heterocycles. The van der Waals surface area contributed by atoms with Crippen LogP contribution in [-0.4, -0.2) is 14.5 Å². The van der Waals surface area contributed by atoms with Gasteiger partial charge in [-0.1, -0.05) is 30.7 Å². The Morgan fingerprint density at radius 2 is 2.15 bits per heavy atom. The highest BCUT2D eigenvalue weighted by molar-refractivity contribution is 5.81. The Bertz CT molecular complexity index is 687. The van der Waals surface area contributed by atoms with Gasteiger partial charge in [-0.3, -0.25) is 9.55 Å². The van der Waals surface area contributed by atoms with E-state index in [4.69, 9.17) is 0 Å². The molecule has 2 rings (SSSR count). The average Bonchev–Trinajstić information content (AvgIpc) is 2.79. The van der Waals surface area contributed by atoms with E-state index in [1.165, 1.54) is 5.57 Å². The van der Waals surface area contributed by atoms with E-state index < -0.39 is 0 Å². The molecular formula is C17H21N3. The third-order valence-corrected chi connectivity index (χ3v) is 3.27. The quantitative estimate of drug-likeness (QED) is 0.763. The van der Waals surface area contributed by atoms with Crippen LogP contribution in [0.2, 0.25) is 0 Å². The summed E-state index contributed by atoms with van der Waals surface area (Å²) in [5.41, 5.74) is 4.43. The predicted molar refractivity (Wildman–Crippen MR) is 85.4 cm³/mol. The third kappa shape index (κ3) is 2.87. The first-order chi connectivity index (χ1) is 9.67. The van der Waals surface area contributed by atoms with Crippen molar-refractivity contribution in [1.82, 2.24) is 14.5 Å². The molecule has 2 aromatic heterocycles. The lowest BCUT2D eigenvalue weighted by molar-refractivity contribution is 1.02. The van der Waals surface area contributed by atoms with E-state index >= 15 is 0 Å². The molecule has 0 unspecified atom stereocenters. The summed E-state index contributed by atoms with van der Waals surface area (Å²) in [6.45, 7) is 8.32. The second kappa shape index (κ2) is 6.33. The van der Waals surface area contributed by atoms with Gasteiger partial charge >= 0.3 is 0 Å². The minimum Gasteiger partial charge on any atom is -0.297 e. The number of nitrogens with zero attached hydrogens (tertiary/aromatic N) is 3. The van der Waals surface area contributed by atoms with Gasteiger partial charge in [0.05, 0.1) is 11.7 Å². The zero-order chi connectivity index (χ0) is 14.5. The zero-order valence-corrected chi connectivity index (χ0v) is 12.6. The van der Waals surface area contributed by atoms with Crippen LogP contribution < -0.4 is 0 Å². The molecule has 2 heterocycles. The molecule has 104 valence electrons. The van der Waals surface area contributed by atoms with E-state index in [1.54, 1.807) is 0 Å². The molecule has 0 bridgehead atoms. The molecule has 0 N–H and O–H groups in total. The maximum atomic E-state index is 4.57. The van der Waals surface area contributed by atoms with Gasteiger partial charge in [0.25, 0.3) is 0 Å². The molecule has 0 aliphatic carbocycles. The van der Waals surface area contributed by atoms with E-state index in [9.17, 15) is 0 Å². The van der Waals surface area contributed by atoms with E-state index in [0.29, 0.717) is 0 Å². The van der Waals surface area contributed by atoms with Crippen LogP contribution in [0, 0.1) is 6.92 Å². The standard InChI is InChI=1S/C17H21N3/c1-5-7-15(9-8-13(3)6-2)20-14(4)19-16-12-18-11-10-17(16)20/h6-12H,5H2,1-4H3/b9-8-,13-6-,15-7?. The van der Waals surface area contributed by atoms with Crippen molar-refractivity contribution in [1.29, 1.82) is 0 Å². The average molecular weight is 267 g/mol. The Kier molecular flexibility index (Phi) is 4.51. The number of aromatic nitrogens is 3. The largest absolute Gasteiger partial charge is 0.297 e. The highest BCUT2D eigenvalue weighted by Crippen LogP contribution is 2.21. The number of rotatable bonds is 4. The van der Waals surface area contributed by atoms with Crippen LogP contribution in [0.1, 0.15) is 33.0 Å². The number of pyridine rings is 1. The summed E-state index contributed by atoms with van der Waals surface area (Å²) in [6, 6.07) is 2.01. The Hall–Kier alpha value is -2.16. The Morgan fingerprint density at radius 1 is 1.35 bits per heavy atom. The third-order valence-electron chi connectivity index (χ3n) is 3.27. The van der Waals surface area contributed by atoms with Gasteiger partial charge in [0.2, 0.25) is 0 Å². The maximum absolute atomic E-state index is 4.57. The molecule has 0 spiro atoms. The van der Waals surface area contributed by atoms with E-state index in [2.05, 4.69) is 52.7 Å². The van der Waals surface area contributed by atoms with Crippen molar-refractivity contribution in [2.75, 3.05) is 0 Å². The van der Waals surface area contributed by atoms with Gasteiger partial charge in [0.1, 0.15) is 11.3 Å². The van der Waals surface area contributed by atoms with Crippen LogP contribution in [0.15, 0.2) is 48.3 Å². The second-order valence-electron chi connectivity index (χ2n) is 4.76. The molecular weight excluding hydrogens is 246 g/mol. The minimum absolute atomic E-state index is 0.933. The SMILES string of the molecule is C/C=C(C)\C=C/C(=CCC)n1c(C)nc2cnccc21. The normalized spacial score (nSPS) is 13.6. The fourth-order valence-corrected chi connectivity index (χ4v) is 2.13. The summed E-state index contributed by atoms with van der Waals surface area (Å²) in [4.78, 5) is 8.71. The van der Waals surface area contributed by atoms with Crippen LogP contribution in [0.5, 0.6) is 0 Å². The molecule has 0 aromatic carbocycles. The van der Waals surface area contributed by atoms with Crippen molar-refractivity contribution in [2.45, 2.75) is 34.1 Å². The monoisotopic (exact) mass is 267 g/mol. The molecule has 2 aromatic rings. The van der Waals surface area contributed by atoms with Crippen molar-refractivity contribution in [2.24, 2.45) is 0 Å². The molecule has 3 nitrogen and oxygen atoms in total. The van der Waals surface area contributed by atoms with Crippen LogP contribution >= 0.6 is 0 Å². The Balaban J connectivity index is 2.55. The van der Waals surface area contributed by atoms with Gasteiger partial charge < -0.3 is 0 Å². The number of hydrogen-bond acceptors (Lipinski definition) is 2. The fourth-order valence-electron chi connectivity index (χ4n) is 2.13. The summed E-state index contributed by atoms with van der Waals surface area (Å²) >= 11 is 0. The van der Waals surface area contributed by atoms with Crippen molar-refractivity contribution < 1.29 is 0 Å². The minimum atomic E-state index is 0.933. The second-order valence-corrected chi connectivity index (χ2v) is 4.76. The smallest absolute Gasteiger partial charge is 0.111 e. The van der Waals surface area contributed by atoms with E-state index in [1.807, 2.05) is 32.3 Å². The summed E-state index contributed by atoms with van der Waals surface area (Å²) in [7, 11) is 0. The first-order valence-electron chi connectivity index (χ1n) is 6.98. The topological polar surface area (TPSA) is 30.7 Å². The summed E-state index contributed by atoms with van der Waals surface area (Å²) < 4.78 is 2.18. The van der Waals surface area contributed by atoms with Gasteiger partial charge in [-0.05, 0) is 39.3 Å². The van der Waals surface area contributed by atoms with Crippen LogP contribution in [0.25, 0.3) is 16.7 Å². The molecule has 0 saturated heterocycles. The molecule has 0 saturated carbocycles. The predicted octanol–water partition coefficient (Wildman–Crippen LogP) is 4.51. The lowest BCUT2D eigenvalue weighted by atomic mass is 10.2. The number of allylic oxidation sites excluding steroid dienone is 6. The molecule has 20 heavy (non-hydrogen) atoms. The molecule has 3 heteroatoms. The lowest BCUT2D eigenvalue weighted by Crippen LogP contribution is -1.97. The molecule has 0 atom stereocenters. The number of aryl methyl sites for hydroxylation is 1. The number of imidazole rings is 1. The van der Waals surface area contributed by atoms with Crippen molar-refractivity contribution >= 4 is 16.7 Å². The van der Waals surface area contributed by atoms with Gasteiger partial charge in [0, 0.05) is 11.9 Å². The first-order valence-corrected chi connectivity index (χ1v) is 6.98.